The number of ether oxygens (including phenoxy) is 2. The lowest BCUT2D eigenvalue weighted by atomic mass is 9.91. The summed E-state index contributed by atoms with van der Waals surface area (Å²) >= 11 is -2.30. The van der Waals surface area contributed by atoms with Crippen LogP contribution in [0.25, 0.3) is 5.70 Å². The van der Waals surface area contributed by atoms with Crippen LogP contribution in [0, 0.1) is 5.92 Å². The van der Waals surface area contributed by atoms with E-state index in [1.165, 1.54) is 5.56 Å². The first-order valence-electron chi connectivity index (χ1n) is 13.3. The number of hydrogen-bond acceptors (Lipinski definition) is 9. The third-order valence-electron chi connectivity index (χ3n) is 7.82. The van der Waals surface area contributed by atoms with Crippen molar-refractivity contribution in [3.05, 3.63) is 102 Å². The molecule has 3 aromatic rings. The minimum atomic E-state index is -2.30. The number of nitrogens with zero attached hydrogens (tertiary/aromatic N) is 4. The Bertz CT molecular complexity index is 1280. The molecule has 1 aromatic carbocycles. The summed E-state index contributed by atoms with van der Waals surface area (Å²) in [7, 11) is 0. The molecule has 6 rings (SSSR count). The highest BCUT2D eigenvalue weighted by atomic mass is 32.2. The van der Waals surface area contributed by atoms with Crippen LogP contribution in [0.3, 0.4) is 0 Å². The number of piperidine rings is 1. The minimum absolute atomic E-state index is 0.0550. The van der Waals surface area contributed by atoms with Gasteiger partial charge in [0.25, 0.3) is 0 Å². The molecule has 3 aliphatic rings. The molecule has 9 nitrogen and oxygen atoms in total. The zero-order valence-corrected chi connectivity index (χ0v) is 22.4. The number of rotatable bonds is 8. The van der Waals surface area contributed by atoms with Gasteiger partial charge in [-0.15, -0.1) is 0 Å². The quantitative estimate of drug-likeness (QED) is 0.427. The Hall–Kier alpha value is -3.15. The summed E-state index contributed by atoms with van der Waals surface area (Å²) < 4.78 is 36.7. The Morgan fingerprint density at radius 1 is 1.03 bits per heavy atom. The first-order chi connectivity index (χ1) is 19.1. The summed E-state index contributed by atoms with van der Waals surface area (Å²) in [5, 5.41) is 3.00. The van der Waals surface area contributed by atoms with E-state index in [-0.39, 0.29) is 18.9 Å². The molecule has 2 aromatic heterocycles. The number of aromatic nitrogens is 2. The summed E-state index contributed by atoms with van der Waals surface area (Å²) in [4.78, 5) is 13.2. The molecule has 2 fully saturated rings. The maximum Gasteiger partial charge on any atom is 0.172 e. The number of likely N-dealkylation sites (tertiary alicyclic amines) is 1. The van der Waals surface area contributed by atoms with Gasteiger partial charge in [-0.1, -0.05) is 42.5 Å². The van der Waals surface area contributed by atoms with Crippen molar-refractivity contribution in [3.63, 3.8) is 0 Å². The summed E-state index contributed by atoms with van der Waals surface area (Å²) in [5.41, 5.74) is 2.88. The van der Waals surface area contributed by atoms with E-state index in [0.717, 1.165) is 24.2 Å². The molecule has 0 amide bonds. The number of hydrogen-bond donors (Lipinski definition) is 1. The van der Waals surface area contributed by atoms with Crippen LogP contribution in [0.5, 0.6) is 0 Å². The van der Waals surface area contributed by atoms with Crippen molar-refractivity contribution in [1.82, 2.24) is 25.1 Å². The lowest BCUT2D eigenvalue weighted by Crippen LogP contribution is -2.58. The topological polar surface area (TPSA) is 103 Å². The molecule has 1 N–H and O–H groups in total. The average molecular weight is 547 g/mol. The van der Waals surface area contributed by atoms with Crippen LogP contribution >= 0.6 is 0 Å². The highest BCUT2D eigenvalue weighted by Gasteiger charge is 2.49. The van der Waals surface area contributed by atoms with E-state index >= 15 is 0 Å². The van der Waals surface area contributed by atoms with Crippen LogP contribution in [0.15, 0.2) is 85.3 Å². The van der Waals surface area contributed by atoms with E-state index in [1.807, 2.05) is 47.4 Å². The van der Waals surface area contributed by atoms with E-state index in [2.05, 4.69) is 38.5 Å². The summed E-state index contributed by atoms with van der Waals surface area (Å²) in [6, 6.07) is 21.6. The van der Waals surface area contributed by atoms with Crippen molar-refractivity contribution in [3.8, 4) is 0 Å². The molecule has 3 aliphatic heterocycles. The van der Waals surface area contributed by atoms with Crippen molar-refractivity contribution >= 4 is 16.8 Å². The molecule has 2 saturated heterocycles. The average Bonchev–Trinajstić information content (AvgIpc) is 3.64. The van der Waals surface area contributed by atoms with Gasteiger partial charge in [-0.05, 0) is 53.8 Å². The third kappa shape index (κ3) is 5.48. The fraction of sp³-hybridized carbons (Fsp3) is 0.379. The van der Waals surface area contributed by atoms with Crippen molar-refractivity contribution in [1.29, 1.82) is 0 Å². The van der Waals surface area contributed by atoms with Crippen LogP contribution in [-0.4, -0.2) is 66.9 Å². The monoisotopic (exact) mass is 546 g/mol. The Morgan fingerprint density at radius 2 is 1.77 bits per heavy atom. The van der Waals surface area contributed by atoms with Crippen molar-refractivity contribution in [2.24, 2.45) is 5.92 Å². The van der Waals surface area contributed by atoms with E-state index in [0.29, 0.717) is 31.8 Å². The SMILES string of the molecule is O=S([O-])C(c1ccccn1)N1CCC(C2NC(c3ccccn3)=CN2C2(Cc3ccccc3)COCO2)CC1. The predicted octanol–water partition coefficient (Wildman–Crippen LogP) is 3.24. The zero-order valence-electron chi connectivity index (χ0n) is 21.6. The molecular weight excluding hydrogens is 514 g/mol. The van der Waals surface area contributed by atoms with Crippen LogP contribution in [-0.2, 0) is 27.0 Å². The Labute approximate surface area is 231 Å². The molecule has 4 atom stereocenters. The standard InChI is InChI=1S/C29H33N5O4S/c35-39(36)28(25-11-5-7-15-31-25)33-16-12-23(13-17-33)27-32-26(24-10-4-6-14-30-24)19-34(27)29(20-37-21-38-29)18-22-8-2-1-3-9-22/h1-11,14-15,19,23,27-28,32H,12-13,16-18,20-21H2,(H,35,36)/p-1. The minimum Gasteiger partial charge on any atom is -0.771 e. The Morgan fingerprint density at radius 3 is 2.41 bits per heavy atom. The third-order valence-corrected chi connectivity index (χ3v) is 8.72. The van der Waals surface area contributed by atoms with Gasteiger partial charge in [0.05, 0.1) is 23.7 Å². The highest BCUT2D eigenvalue weighted by Crippen LogP contribution is 2.39. The second kappa shape index (κ2) is 11.5. The smallest absolute Gasteiger partial charge is 0.172 e. The molecule has 0 aliphatic carbocycles. The van der Waals surface area contributed by atoms with Crippen LogP contribution in [0.2, 0.25) is 0 Å². The van der Waals surface area contributed by atoms with Gasteiger partial charge in [-0.2, -0.15) is 0 Å². The molecular formula is C29H32N5O4S-. The number of nitrogens with one attached hydrogen (secondary N) is 1. The van der Waals surface area contributed by atoms with E-state index < -0.39 is 22.2 Å². The molecule has 0 radical (unpaired) electrons. The van der Waals surface area contributed by atoms with Gasteiger partial charge in [0, 0.05) is 44.0 Å². The molecule has 39 heavy (non-hydrogen) atoms. The van der Waals surface area contributed by atoms with Gasteiger partial charge < -0.3 is 24.2 Å². The lowest BCUT2D eigenvalue weighted by Gasteiger charge is -2.46. The van der Waals surface area contributed by atoms with Crippen LogP contribution in [0.4, 0.5) is 0 Å². The fourth-order valence-electron chi connectivity index (χ4n) is 5.91. The Kier molecular flexibility index (Phi) is 7.71. The molecule has 4 unspecified atom stereocenters. The number of pyridine rings is 2. The number of benzene rings is 1. The second-order valence-electron chi connectivity index (χ2n) is 10.2. The first kappa shape index (κ1) is 26.1. The van der Waals surface area contributed by atoms with Gasteiger partial charge in [0.1, 0.15) is 18.3 Å². The lowest BCUT2D eigenvalue weighted by molar-refractivity contribution is -0.120. The van der Waals surface area contributed by atoms with Gasteiger partial charge in [0.15, 0.2) is 5.72 Å². The summed E-state index contributed by atoms with van der Waals surface area (Å²) in [6.07, 6.45) is 7.82. The van der Waals surface area contributed by atoms with E-state index in [9.17, 15) is 8.76 Å². The largest absolute Gasteiger partial charge is 0.771 e. The zero-order chi connectivity index (χ0) is 26.7. The predicted molar refractivity (Wildman–Crippen MR) is 146 cm³/mol. The maximum absolute atomic E-state index is 12.2. The van der Waals surface area contributed by atoms with Gasteiger partial charge in [-0.3, -0.25) is 19.1 Å². The molecule has 10 heteroatoms. The highest BCUT2D eigenvalue weighted by molar-refractivity contribution is 7.79. The first-order valence-corrected chi connectivity index (χ1v) is 14.4. The fourth-order valence-corrected chi connectivity index (χ4v) is 6.71. The molecule has 0 spiro atoms. The van der Waals surface area contributed by atoms with Crippen molar-refractivity contribution < 1.29 is 18.2 Å². The maximum atomic E-state index is 12.2. The normalized spacial score (nSPS) is 25.7. The van der Waals surface area contributed by atoms with Crippen LogP contribution in [0.1, 0.15) is 35.2 Å². The van der Waals surface area contributed by atoms with E-state index in [4.69, 9.17) is 9.47 Å². The second-order valence-corrected chi connectivity index (χ2v) is 11.2. The molecule has 0 saturated carbocycles. The van der Waals surface area contributed by atoms with Gasteiger partial charge >= 0.3 is 0 Å². The van der Waals surface area contributed by atoms with Crippen LogP contribution < -0.4 is 5.32 Å². The van der Waals surface area contributed by atoms with Gasteiger partial charge in [-0.25, -0.2) is 0 Å². The Balaban J connectivity index is 1.26. The van der Waals surface area contributed by atoms with Gasteiger partial charge in [0.2, 0.25) is 0 Å². The summed E-state index contributed by atoms with van der Waals surface area (Å²) in [6.45, 7) is 1.98. The molecule has 0 bridgehead atoms. The van der Waals surface area contributed by atoms with E-state index in [1.54, 1.807) is 24.5 Å². The molecule has 204 valence electrons. The summed E-state index contributed by atoms with van der Waals surface area (Å²) in [5.74, 6) is 0.250. The molecule has 5 heterocycles. The van der Waals surface area contributed by atoms with Crippen molar-refractivity contribution in [2.45, 2.75) is 36.5 Å². The van der Waals surface area contributed by atoms with Crippen molar-refractivity contribution in [2.75, 3.05) is 26.5 Å².